The molecule has 0 radical (unpaired) electrons. The van der Waals surface area contributed by atoms with E-state index in [1.807, 2.05) is 30.0 Å². The number of benzene rings is 1. The normalized spacial score (nSPS) is 25.8. The van der Waals surface area contributed by atoms with Crippen LogP contribution in [0.25, 0.3) is 0 Å². The Morgan fingerprint density at radius 1 is 1.35 bits per heavy atom. The summed E-state index contributed by atoms with van der Waals surface area (Å²) in [6.07, 6.45) is 3.28. The van der Waals surface area contributed by atoms with E-state index in [0.717, 1.165) is 43.6 Å². The highest BCUT2D eigenvalue weighted by molar-refractivity contribution is 5.95. The van der Waals surface area contributed by atoms with E-state index in [-0.39, 0.29) is 5.91 Å². The van der Waals surface area contributed by atoms with E-state index < -0.39 is 5.60 Å². The third kappa shape index (κ3) is 2.66. The fourth-order valence-corrected chi connectivity index (χ4v) is 3.09. The number of likely N-dealkylation sites (tertiary alicyclic amines) is 1. The number of anilines is 1. The lowest BCUT2D eigenvalue weighted by Crippen LogP contribution is -2.33. The number of amides is 1. The van der Waals surface area contributed by atoms with Gasteiger partial charge in [0.1, 0.15) is 0 Å². The van der Waals surface area contributed by atoms with Crippen molar-refractivity contribution in [3.8, 4) is 0 Å². The SMILES string of the molecule is CC1(O)CCCN(C(=O)c2ccc3c(c2)CCN3)CC1. The molecule has 20 heavy (non-hydrogen) atoms. The Bertz CT molecular complexity index is 525. The average Bonchev–Trinajstić information content (AvgIpc) is 2.81. The number of carbonyl (C=O) groups is 1. The van der Waals surface area contributed by atoms with Crippen LogP contribution in [0.3, 0.4) is 0 Å². The van der Waals surface area contributed by atoms with Crippen LogP contribution >= 0.6 is 0 Å². The van der Waals surface area contributed by atoms with Gasteiger partial charge in [-0.1, -0.05) is 0 Å². The molecule has 0 aromatic heterocycles. The van der Waals surface area contributed by atoms with Crippen LogP contribution in [0.5, 0.6) is 0 Å². The van der Waals surface area contributed by atoms with E-state index in [1.54, 1.807) is 0 Å². The maximum absolute atomic E-state index is 12.6. The molecule has 0 spiro atoms. The van der Waals surface area contributed by atoms with Crippen molar-refractivity contribution in [3.05, 3.63) is 29.3 Å². The molecule has 1 aromatic rings. The number of aliphatic hydroxyl groups is 1. The fourth-order valence-electron chi connectivity index (χ4n) is 3.09. The summed E-state index contributed by atoms with van der Waals surface area (Å²) in [7, 11) is 0. The first-order valence-electron chi connectivity index (χ1n) is 7.44. The summed E-state index contributed by atoms with van der Waals surface area (Å²) in [5.74, 6) is 0.0948. The van der Waals surface area contributed by atoms with Gasteiger partial charge in [-0.15, -0.1) is 0 Å². The molecule has 1 fully saturated rings. The van der Waals surface area contributed by atoms with Gasteiger partial charge in [-0.3, -0.25) is 4.79 Å². The first-order valence-corrected chi connectivity index (χ1v) is 7.44. The predicted molar refractivity (Wildman–Crippen MR) is 79.0 cm³/mol. The van der Waals surface area contributed by atoms with Gasteiger partial charge in [0.2, 0.25) is 0 Å². The minimum atomic E-state index is -0.628. The molecule has 1 amide bonds. The minimum Gasteiger partial charge on any atom is -0.390 e. The molecule has 1 unspecified atom stereocenters. The van der Waals surface area contributed by atoms with Gasteiger partial charge in [-0.25, -0.2) is 0 Å². The molecule has 108 valence electrons. The molecule has 3 rings (SSSR count). The highest BCUT2D eigenvalue weighted by Gasteiger charge is 2.27. The van der Waals surface area contributed by atoms with Crippen LogP contribution in [-0.2, 0) is 6.42 Å². The zero-order chi connectivity index (χ0) is 14.2. The largest absolute Gasteiger partial charge is 0.390 e. The van der Waals surface area contributed by atoms with E-state index in [9.17, 15) is 9.90 Å². The lowest BCUT2D eigenvalue weighted by molar-refractivity contribution is 0.0438. The predicted octanol–water partition coefficient (Wildman–Crippen LogP) is 2.03. The van der Waals surface area contributed by atoms with E-state index >= 15 is 0 Å². The maximum atomic E-state index is 12.6. The Balaban J connectivity index is 1.75. The zero-order valence-corrected chi connectivity index (χ0v) is 12.0. The summed E-state index contributed by atoms with van der Waals surface area (Å²) in [5.41, 5.74) is 2.53. The monoisotopic (exact) mass is 274 g/mol. The molecule has 1 atom stereocenters. The molecule has 2 N–H and O–H groups in total. The van der Waals surface area contributed by atoms with Gasteiger partial charge in [0, 0.05) is 30.9 Å². The summed E-state index contributed by atoms with van der Waals surface area (Å²) in [4.78, 5) is 14.5. The molecule has 2 aliphatic heterocycles. The third-order valence-electron chi connectivity index (χ3n) is 4.41. The van der Waals surface area contributed by atoms with Gasteiger partial charge in [0.05, 0.1) is 5.60 Å². The van der Waals surface area contributed by atoms with Crippen LogP contribution in [-0.4, -0.2) is 41.1 Å². The summed E-state index contributed by atoms with van der Waals surface area (Å²) in [5, 5.41) is 13.4. The molecule has 0 aliphatic carbocycles. The van der Waals surface area contributed by atoms with Gasteiger partial charge in [-0.2, -0.15) is 0 Å². The van der Waals surface area contributed by atoms with E-state index in [4.69, 9.17) is 0 Å². The molecule has 0 saturated carbocycles. The first kappa shape index (κ1) is 13.4. The fraction of sp³-hybridized carbons (Fsp3) is 0.562. The standard InChI is InChI=1S/C16H22N2O2/c1-16(20)6-2-9-18(10-7-16)15(19)13-3-4-14-12(11-13)5-8-17-14/h3-4,11,17,20H,2,5-10H2,1H3. The molecular formula is C16H22N2O2. The lowest BCUT2D eigenvalue weighted by Gasteiger charge is -2.22. The van der Waals surface area contributed by atoms with Crippen LogP contribution < -0.4 is 5.32 Å². The van der Waals surface area contributed by atoms with Crippen LogP contribution in [0.1, 0.15) is 42.1 Å². The number of carbonyl (C=O) groups excluding carboxylic acids is 1. The molecule has 4 nitrogen and oxygen atoms in total. The Kier molecular flexibility index (Phi) is 3.42. The van der Waals surface area contributed by atoms with Crippen molar-refractivity contribution in [2.24, 2.45) is 0 Å². The molecule has 4 heteroatoms. The van der Waals surface area contributed by atoms with Crippen molar-refractivity contribution in [3.63, 3.8) is 0 Å². The molecule has 1 aromatic carbocycles. The van der Waals surface area contributed by atoms with Crippen molar-refractivity contribution in [1.82, 2.24) is 4.90 Å². The Hall–Kier alpha value is -1.55. The van der Waals surface area contributed by atoms with Gasteiger partial charge in [0.15, 0.2) is 0 Å². The molecule has 1 saturated heterocycles. The van der Waals surface area contributed by atoms with Gasteiger partial charge < -0.3 is 15.3 Å². The molecule has 2 heterocycles. The van der Waals surface area contributed by atoms with Crippen molar-refractivity contribution in [2.45, 2.75) is 38.2 Å². The quantitative estimate of drug-likeness (QED) is 0.824. The third-order valence-corrected chi connectivity index (χ3v) is 4.41. The number of hydrogen-bond acceptors (Lipinski definition) is 3. The van der Waals surface area contributed by atoms with Crippen LogP contribution in [0.15, 0.2) is 18.2 Å². The Morgan fingerprint density at radius 2 is 2.20 bits per heavy atom. The van der Waals surface area contributed by atoms with Crippen LogP contribution in [0, 0.1) is 0 Å². The highest BCUT2D eigenvalue weighted by Crippen LogP contribution is 2.25. The molecule has 0 bridgehead atoms. The maximum Gasteiger partial charge on any atom is 0.253 e. The lowest BCUT2D eigenvalue weighted by atomic mass is 9.98. The van der Waals surface area contributed by atoms with E-state index in [1.165, 1.54) is 5.56 Å². The van der Waals surface area contributed by atoms with E-state index in [0.29, 0.717) is 13.0 Å². The second kappa shape index (κ2) is 5.09. The number of nitrogens with zero attached hydrogens (tertiary/aromatic N) is 1. The number of nitrogens with one attached hydrogen (secondary N) is 1. The second-order valence-corrected chi connectivity index (χ2v) is 6.19. The van der Waals surface area contributed by atoms with Crippen LogP contribution in [0.4, 0.5) is 5.69 Å². The number of rotatable bonds is 1. The van der Waals surface area contributed by atoms with Crippen molar-refractivity contribution in [1.29, 1.82) is 0 Å². The van der Waals surface area contributed by atoms with Crippen molar-refractivity contribution < 1.29 is 9.90 Å². The first-order chi connectivity index (χ1) is 9.55. The van der Waals surface area contributed by atoms with Crippen LogP contribution in [0.2, 0.25) is 0 Å². The van der Waals surface area contributed by atoms with Gasteiger partial charge in [-0.05, 0) is 56.4 Å². The minimum absolute atomic E-state index is 0.0948. The zero-order valence-electron chi connectivity index (χ0n) is 12.0. The number of hydrogen-bond donors (Lipinski definition) is 2. The topological polar surface area (TPSA) is 52.6 Å². The Labute approximate surface area is 119 Å². The second-order valence-electron chi connectivity index (χ2n) is 6.19. The summed E-state index contributed by atoms with van der Waals surface area (Å²) in [6.45, 7) is 4.20. The molecule has 2 aliphatic rings. The summed E-state index contributed by atoms with van der Waals surface area (Å²) >= 11 is 0. The van der Waals surface area contributed by atoms with Gasteiger partial charge in [0.25, 0.3) is 5.91 Å². The Morgan fingerprint density at radius 3 is 3.05 bits per heavy atom. The average molecular weight is 274 g/mol. The van der Waals surface area contributed by atoms with Gasteiger partial charge >= 0.3 is 0 Å². The molecular weight excluding hydrogens is 252 g/mol. The van der Waals surface area contributed by atoms with Crippen molar-refractivity contribution in [2.75, 3.05) is 25.0 Å². The highest BCUT2D eigenvalue weighted by atomic mass is 16.3. The van der Waals surface area contributed by atoms with E-state index in [2.05, 4.69) is 5.32 Å². The summed E-state index contributed by atoms with van der Waals surface area (Å²) < 4.78 is 0. The van der Waals surface area contributed by atoms with Crippen molar-refractivity contribution >= 4 is 11.6 Å². The smallest absolute Gasteiger partial charge is 0.253 e. The number of fused-ring (bicyclic) bond motifs is 1. The summed E-state index contributed by atoms with van der Waals surface area (Å²) in [6, 6.07) is 5.92.